The molecule has 0 aliphatic rings. The van der Waals surface area contributed by atoms with Crippen LogP contribution in [0, 0.1) is 0 Å². The Labute approximate surface area is 58.5 Å². The molecule has 0 radical (unpaired) electrons. The van der Waals surface area contributed by atoms with E-state index >= 15 is 0 Å². The molecule has 0 aliphatic heterocycles. The van der Waals surface area contributed by atoms with Gasteiger partial charge < -0.3 is 4.57 Å². The molecule has 0 saturated carbocycles. The summed E-state index contributed by atoms with van der Waals surface area (Å²) in [7, 11) is 1.94. The van der Waals surface area contributed by atoms with Crippen LogP contribution in [0.3, 0.4) is 0 Å². The molecule has 0 atom stereocenters. The first kappa shape index (κ1) is 6.61. The number of nitrogens with zero attached hydrogens (tertiary/aromatic N) is 3. The molecule has 1 rings (SSSR count). The molecule has 0 N–H and O–H groups in total. The van der Waals surface area contributed by atoms with E-state index in [0.29, 0.717) is 0 Å². The Morgan fingerprint density at radius 2 is 2.56 bits per heavy atom. The number of hydrogen-bond acceptors (Lipinski definition) is 3. The summed E-state index contributed by atoms with van der Waals surface area (Å²) < 4.78 is 1.91. The number of hydrogen-bond donors (Lipinski definition) is 0. The Hall–Kier alpha value is -0.510. The predicted octanol–water partition coefficient (Wildman–Crippen LogP) is 0.927. The van der Waals surface area contributed by atoms with Crippen LogP contribution >= 0.6 is 11.8 Å². The van der Waals surface area contributed by atoms with Gasteiger partial charge in [0.05, 0.1) is 0 Å². The Morgan fingerprint density at radius 1 is 1.78 bits per heavy atom. The van der Waals surface area contributed by atoms with Crippen LogP contribution in [0.1, 0.15) is 6.92 Å². The average Bonchev–Trinajstić information content (AvgIpc) is 2.18. The molecule has 0 spiro atoms. The van der Waals surface area contributed by atoms with E-state index in [-0.39, 0.29) is 0 Å². The second kappa shape index (κ2) is 2.87. The summed E-state index contributed by atoms with van der Waals surface area (Å²) in [6.07, 6.45) is 1.71. The summed E-state index contributed by atoms with van der Waals surface area (Å²) in [4.78, 5) is 0. The normalized spacial score (nSPS) is 10.0. The highest BCUT2D eigenvalue weighted by molar-refractivity contribution is 7.99. The summed E-state index contributed by atoms with van der Waals surface area (Å²) in [6.45, 7) is 2.10. The topological polar surface area (TPSA) is 30.7 Å². The van der Waals surface area contributed by atoms with Crippen LogP contribution in [-0.4, -0.2) is 20.5 Å². The Balaban J connectivity index is 2.69. The highest BCUT2D eigenvalue weighted by Gasteiger charge is 1.96. The largest absolute Gasteiger partial charge is 0.312 e. The van der Waals surface area contributed by atoms with Gasteiger partial charge in [0.2, 0.25) is 0 Å². The van der Waals surface area contributed by atoms with Gasteiger partial charge >= 0.3 is 0 Å². The predicted molar refractivity (Wildman–Crippen MR) is 37.4 cm³/mol. The smallest absolute Gasteiger partial charge is 0.190 e. The maximum Gasteiger partial charge on any atom is 0.190 e. The molecule has 9 heavy (non-hydrogen) atoms. The van der Waals surface area contributed by atoms with E-state index in [1.165, 1.54) is 0 Å². The maximum absolute atomic E-state index is 3.88. The molecule has 0 unspecified atom stereocenters. The highest BCUT2D eigenvalue weighted by atomic mass is 32.2. The standard InChI is InChI=1S/C5H9N3S/c1-3-9-5-7-6-4-8(5)2/h4H,3H2,1-2H3. The molecule has 4 heteroatoms. The molecule has 0 saturated heterocycles. The number of rotatable bonds is 2. The Kier molecular flexibility index (Phi) is 2.10. The van der Waals surface area contributed by atoms with Crippen LogP contribution in [-0.2, 0) is 7.05 Å². The molecule has 0 amide bonds. The average molecular weight is 143 g/mol. The first-order valence-corrected chi connectivity index (χ1v) is 3.80. The fourth-order valence-electron chi connectivity index (χ4n) is 0.532. The second-order valence-electron chi connectivity index (χ2n) is 1.66. The second-order valence-corrected chi connectivity index (χ2v) is 2.89. The van der Waals surface area contributed by atoms with Crippen molar-refractivity contribution >= 4 is 11.8 Å². The molecule has 0 aromatic carbocycles. The monoisotopic (exact) mass is 143 g/mol. The molecule has 1 heterocycles. The van der Waals surface area contributed by atoms with Crippen molar-refractivity contribution in [2.75, 3.05) is 5.75 Å². The lowest BCUT2D eigenvalue weighted by Crippen LogP contribution is -1.87. The van der Waals surface area contributed by atoms with Gasteiger partial charge in [0.15, 0.2) is 5.16 Å². The minimum Gasteiger partial charge on any atom is -0.312 e. The zero-order chi connectivity index (χ0) is 6.69. The summed E-state index contributed by atoms with van der Waals surface area (Å²) in [5.74, 6) is 1.05. The van der Waals surface area contributed by atoms with Gasteiger partial charge in [0, 0.05) is 7.05 Å². The van der Waals surface area contributed by atoms with Gasteiger partial charge in [-0.2, -0.15) is 0 Å². The summed E-state index contributed by atoms with van der Waals surface area (Å²) in [6, 6.07) is 0. The Bertz CT molecular complexity index is 184. The molecular weight excluding hydrogens is 134 g/mol. The third-order valence-electron chi connectivity index (χ3n) is 0.943. The van der Waals surface area contributed by atoms with E-state index in [2.05, 4.69) is 17.1 Å². The van der Waals surface area contributed by atoms with E-state index < -0.39 is 0 Å². The molecule has 50 valence electrons. The molecule has 0 aliphatic carbocycles. The van der Waals surface area contributed by atoms with Crippen molar-refractivity contribution in [3.63, 3.8) is 0 Å². The first-order valence-electron chi connectivity index (χ1n) is 2.81. The number of aromatic nitrogens is 3. The van der Waals surface area contributed by atoms with Gasteiger partial charge in [-0.25, -0.2) is 0 Å². The van der Waals surface area contributed by atoms with Crippen LogP contribution in [0.5, 0.6) is 0 Å². The summed E-state index contributed by atoms with van der Waals surface area (Å²) in [5.41, 5.74) is 0. The fraction of sp³-hybridized carbons (Fsp3) is 0.600. The molecule has 1 aromatic heterocycles. The minimum absolute atomic E-state index is 0.984. The summed E-state index contributed by atoms with van der Waals surface area (Å²) in [5, 5.41) is 8.60. The van der Waals surface area contributed by atoms with Crippen LogP contribution < -0.4 is 0 Å². The van der Waals surface area contributed by atoms with Crippen LogP contribution in [0.15, 0.2) is 11.5 Å². The van der Waals surface area contributed by atoms with Gasteiger partial charge in [-0.3, -0.25) is 0 Å². The zero-order valence-electron chi connectivity index (χ0n) is 5.53. The highest BCUT2D eigenvalue weighted by Crippen LogP contribution is 2.11. The SMILES string of the molecule is CCSc1nncn1C. The van der Waals surface area contributed by atoms with Crippen molar-refractivity contribution in [3.8, 4) is 0 Å². The van der Waals surface area contributed by atoms with Gasteiger partial charge in [0.25, 0.3) is 0 Å². The number of thioether (sulfide) groups is 1. The van der Waals surface area contributed by atoms with Crippen molar-refractivity contribution in [1.29, 1.82) is 0 Å². The Morgan fingerprint density at radius 3 is 3.00 bits per heavy atom. The number of aryl methyl sites for hydroxylation is 1. The molecular formula is C5H9N3S. The quantitative estimate of drug-likeness (QED) is 0.577. The van der Waals surface area contributed by atoms with E-state index in [1.54, 1.807) is 18.1 Å². The van der Waals surface area contributed by atoms with Crippen molar-refractivity contribution in [2.24, 2.45) is 7.05 Å². The van der Waals surface area contributed by atoms with Crippen molar-refractivity contribution in [2.45, 2.75) is 12.1 Å². The van der Waals surface area contributed by atoms with Gasteiger partial charge in [-0.05, 0) is 5.75 Å². The third kappa shape index (κ3) is 1.45. The molecule has 1 aromatic rings. The van der Waals surface area contributed by atoms with Crippen molar-refractivity contribution in [3.05, 3.63) is 6.33 Å². The van der Waals surface area contributed by atoms with E-state index in [4.69, 9.17) is 0 Å². The van der Waals surface area contributed by atoms with Crippen LogP contribution in [0.4, 0.5) is 0 Å². The van der Waals surface area contributed by atoms with Gasteiger partial charge in [-0.1, -0.05) is 18.7 Å². The lowest BCUT2D eigenvalue weighted by Gasteiger charge is -1.93. The molecule has 0 bridgehead atoms. The van der Waals surface area contributed by atoms with Crippen molar-refractivity contribution in [1.82, 2.24) is 14.8 Å². The lowest BCUT2D eigenvalue weighted by molar-refractivity contribution is 0.789. The van der Waals surface area contributed by atoms with E-state index in [0.717, 1.165) is 10.9 Å². The summed E-state index contributed by atoms with van der Waals surface area (Å²) >= 11 is 1.70. The van der Waals surface area contributed by atoms with Crippen molar-refractivity contribution < 1.29 is 0 Å². The van der Waals surface area contributed by atoms with Crippen LogP contribution in [0.2, 0.25) is 0 Å². The lowest BCUT2D eigenvalue weighted by atomic mass is 11.0. The maximum atomic E-state index is 3.88. The third-order valence-corrected chi connectivity index (χ3v) is 1.86. The fourth-order valence-corrected chi connectivity index (χ4v) is 1.15. The van der Waals surface area contributed by atoms with Gasteiger partial charge in [-0.15, -0.1) is 10.2 Å². The minimum atomic E-state index is 0.984. The van der Waals surface area contributed by atoms with E-state index in [1.807, 2.05) is 11.6 Å². The zero-order valence-corrected chi connectivity index (χ0v) is 6.35. The first-order chi connectivity index (χ1) is 4.34. The molecule has 0 fully saturated rings. The molecule has 3 nitrogen and oxygen atoms in total. The van der Waals surface area contributed by atoms with Crippen LogP contribution in [0.25, 0.3) is 0 Å². The van der Waals surface area contributed by atoms with E-state index in [9.17, 15) is 0 Å². The van der Waals surface area contributed by atoms with Gasteiger partial charge in [0.1, 0.15) is 6.33 Å².